The minimum absolute atomic E-state index is 0.0520. The summed E-state index contributed by atoms with van der Waals surface area (Å²) < 4.78 is 5.15. The fraction of sp³-hybridized carbons (Fsp3) is 0.417. The molecule has 0 saturated heterocycles. The van der Waals surface area contributed by atoms with Crippen LogP contribution in [0.25, 0.3) is 0 Å². The zero-order valence-electron chi connectivity index (χ0n) is 9.13. The molecule has 2 heteroatoms. The summed E-state index contributed by atoms with van der Waals surface area (Å²) in [6.07, 6.45) is 0. The van der Waals surface area contributed by atoms with Crippen LogP contribution in [0.4, 0.5) is 0 Å². The van der Waals surface area contributed by atoms with Crippen molar-refractivity contribution in [3.05, 3.63) is 29.3 Å². The molecule has 1 rings (SSSR count). The third-order valence-electron chi connectivity index (χ3n) is 2.42. The molecular weight excluding hydrogens is 176 g/mol. The Morgan fingerprint density at radius 2 is 2.00 bits per heavy atom. The van der Waals surface area contributed by atoms with Gasteiger partial charge in [-0.3, -0.25) is 4.79 Å². The Morgan fingerprint density at radius 3 is 2.50 bits per heavy atom. The first-order valence-electron chi connectivity index (χ1n) is 4.70. The fourth-order valence-corrected chi connectivity index (χ4v) is 1.38. The SMILES string of the molecule is COc1cc(C)cc(C(C)C(C)=O)c1. The maximum absolute atomic E-state index is 11.2. The summed E-state index contributed by atoms with van der Waals surface area (Å²) >= 11 is 0. The summed E-state index contributed by atoms with van der Waals surface area (Å²) in [7, 11) is 1.64. The standard InChI is InChI=1S/C12H16O2/c1-8-5-11(9(2)10(3)13)7-12(6-8)14-4/h5-7,9H,1-4H3. The first-order chi connectivity index (χ1) is 6.54. The Labute approximate surface area is 84.9 Å². The van der Waals surface area contributed by atoms with Crippen LogP contribution in [0.15, 0.2) is 18.2 Å². The van der Waals surface area contributed by atoms with Gasteiger partial charge in [0, 0.05) is 5.92 Å². The van der Waals surface area contributed by atoms with Gasteiger partial charge < -0.3 is 4.74 Å². The van der Waals surface area contributed by atoms with E-state index in [2.05, 4.69) is 0 Å². The second-order valence-electron chi connectivity index (χ2n) is 3.62. The number of rotatable bonds is 3. The minimum Gasteiger partial charge on any atom is -0.497 e. The van der Waals surface area contributed by atoms with Crippen molar-refractivity contribution in [2.45, 2.75) is 26.7 Å². The van der Waals surface area contributed by atoms with E-state index >= 15 is 0 Å². The highest BCUT2D eigenvalue weighted by molar-refractivity contribution is 5.83. The Bertz CT molecular complexity index is 342. The Hall–Kier alpha value is -1.31. The second-order valence-corrected chi connectivity index (χ2v) is 3.62. The molecular formula is C12H16O2. The number of hydrogen-bond acceptors (Lipinski definition) is 2. The molecule has 0 radical (unpaired) electrons. The van der Waals surface area contributed by atoms with E-state index < -0.39 is 0 Å². The van der Waals surface area contributed by atoms with Crippen molar-refractivity contribution in [3.8, 4) is 5.75 Å². The molecule has 0 aliphatic carbocycles. The van der Waals surface area contributed by atoms with E-state index in [1.165, 1.54) is 0 Å². The predicted octanol–water partition coefficient (Wildman–Crippen LogP) is 2.70. The molecule has 0 aliphatic rings. The monoisotopic (exact) mass is 192 g/mol. The number of ether oxygens (including phenoxy) is 1. The molecule has 0 aromatic heterocycles. The number of hydrogen-bond donors (Lipinski definition) is 0. The zero-order valence-corrected chi connectivity index (χ0v) is 9.13. The largest absolute Gasteiger partial charge is 0.497 e. The average molecular weight is 192 g/mol. The molecule has 1 aromatic rings. The smallest absolute Gasteiger partial charge is 0.136 e. The molecule has 0 aliphatic heterocycles. The lowest BCUT2D eigenvalue weighted by Crippen LogP contribution is -2.04. The number of methoxy groups -OCH3 is 1. The van der Waals surface area contributed by atoms with E-state index in [4.69, 9.17) is 4.74 Å². The van der Waals surface area contributed by atoms with E-state index in [9.17, 15) is 4.79 Å². The van der Waals surface area contributed by atoms with Crippen LogP contribution in [0.5, 0.6) is 5.75 Å². The topological polar surface area (TPSA) is 26.3 Å². The van der Waals surface area contributed by atoms with E-state index in [1.807, 2.05) is 32.0 Å². The van der Waals surface area contributed by atoms with Crippen LogP contribution in [-0.2, 0) is 4.79 Å². The van der Waals surface area contributed by atoms with Crippen molar-refractivity contribution in [1.29, 1.82) is 0 Å². The summed E-state index contributed by atoms with van der Waals surface area (Å²) in [6.45, 7) is 5.52. The summed E-state index contributed by atoms with van der Waals surface area (Å²) in [5.74, 6) is 0.939. The molecule has 76 valence electrons. The second kappa shape index (κ2) is 4.27. The first-order valence-corrected chi connectivity index (χ1v) is 4.70. The number of carbonyl (C=O) groups is 1. The molecule has 14 heavy (non-hydrogen) atoms. The van der Waals surface area contributed by atoms with Gasteiger partial charge in [0.15, 0.2) is 0 Å². The van der Waals surface area contributed by atoms with Crippen molar-refractivity contribution in [3.63, 3.8) is 0 Å². The molecule has 1 atom stereocenters. The number of benzene rings is 1. The van der Waals surface area contributed by atoms with E-state index in [-0.39, 0.29) is 11.7 Å². The highest BCUT2D eigenvalue weighted by Gasteiger charge is 2.11. The lowest BCUT2D eigenvalue weighted by Gasteiger charge is -2.11. The van der Waals surface area contributed by atoms with Crippen LogP contribution >= 0.6 is 0 Å². The van der Waals surface area contributed by atoms with Gasteiger partial charge in [0.1, 0.15) is 11.5 Å². The predicted molar refractivity (Wildman–Crippen MR) is 56.8 cm³/mol. The van der Waals surface area contributed by atoms with E-state index in [0.717, 1.165) is 16.9 Å². The van der Waals surface area contributed by atoms with Crippen LogP contribution in [0.3, 0.4) is 0 Å². The highest BCUT2D eigenvalue weighted by atomic mass is 16.5. The van der Waals surface area contributed by atoms with E-state index in [1.54, 1.807) is 14.0 Å². The van der Waals surface area contributed by atoms with Gasteiger partial charge in [0.2, 0.25) is 0 Å². The fourth-order valence-electron chi connectivity index (χ4n) is 1.38. The Balaban J connectivity index is 3.08. The van der Waals surface area contributed by atoms with Gasteiger partial charge in [-0.1, -0.05) is 13.0 Å². The highest BCUT2D eigenvalue weighted by Crippen LogP contribution is 2.23. The van der Waals surface area contributed by atoms with Crippen LogP contribution in [-0.4, -0.2) is 12.9 Å². The molecule has 0 spiro atoms. The number of carbonyl (C=O) groups excluding carboxylic acids is 1. The van der Waals surface area contributed by atoms with Gasteiger partial charge in [-0.2, -0.15) is 0 Å². The maximum Gasteiger partial charge on any atom is 0.136 e. The normalized spacial score (nSPS) is 12.3. The van der Waals surface area contributed by atoms with Crippen LogP contribution in [0.2, 0.25) is 0 Å². The maximum atomic E-state index is 11.2. The quantitative estimate of drug-likeness (QED) is 0.736. The zero-order chi connectivity index (χ0) is 10.7. The molecule has 0 bridgehead atoms. The first kappa shape index (κ1) is 10.8. The lowest BCUT2D eigenvalue weighted by atomic mass is 9.96. The van der Waals surface area contributed by atoms with Gasteiger partial charge >= 0.3 is 0 Å². The molecule has 1 aromatic carbocycles. The lowest BCUT2D eigenvalue weighted by molar-refractivity contribution is -0.118. The van der Waals surface area contributed by atoms with Gasteiger partial charge in [0.25, 0.3) is 0 Å². The number of ketones is 1. The number of Topliss-reactive ketones (excluding diaryl/α,β-unsaturated/α-hetero) is 1. The summed E-state index contributed by atoms with van der Waals surface area (Å²) in [4.78, 5) is 11.2. The van der Waals surface area contributed by atoms with Crippen molar-refractivity contribution >= 4 is 5.78 Å². The van der Waals surface area contributed by atoms with Crippen molar-refractivity contribution in [1.82, 2.24) is 0 Å². The molecule has 0 N–H and O–H groups in total. The Morgan fingerprint density at radius 1 is 1.36 bits per heavy atom. The third-order valence-corrected chi connectivity index (χ3v) is 2.42. The molecule has 0 saturated carbocycles. The molecule has 1 unspecified atom stereocenters. The minimum atomic E-state index is -0.0520. The van der Waals surface area contributed by atoms with Crippen molar-refractivity contribution in [2.75, 3.05) is 7.11 Å². The molecule has 0 amide bonds. The summed E-state index contributed by atoms with van der Waals surface area (Å²) in [5.41, 5.74) is 2.14. The Kier molecular flexibility index (Phi) is 3.28. The number of aryl methyl sites for hydroxylation is 1. The van der Waals surface area contributed by atoms with E-state index in [0.29, 0.717) is 0 Å². The van der Waals surface area contributed by atoms with Gasteiger partial charge in [-0.15, -0.1) is 0 Å². The van der Waals surface area contributed by atoms with Crippen molar-refractivity contribution < 1.29 is 9.53 Å². The van der Waals surface area contributed by atoms with Gasteiger partial charge in [-0.25, -0.2) is 0 Å². The van der Waals surface area contributed by atoms with Crippen LogP contribution in [0.1, 0.15) is 30.9 Å². The average Bonchev–Trinajstić information content (AvgIpc) is 2.15. The summed E-state index contributed by atoms with van der Waals surface area (Å²) in [5, 5.41) is 0. The van der Waals surface area contributed by atoms with Crippen LogP contribution < -0.4 is 4.74 Å². The van der Waals surface area contributed by atoms with Gasteiger partial charge in [-0.05, 0) is 37.1 Å². The third kappa shape index (κ3) is 2.34. The molecule has 2 nitrogen and oxygen atoms in total. The molecule has 0 fully saturated rings. The van der Waals surface area contributed by atoms with Crippen molar-refractivity contribution in [2.24, 2.45) is 0 Å². The summed E-state index contributed by atoms with van der Waals surface area (Å²) in [6, 6.07) is 5.89. The van der Waals surface area contributed by atoms with Gasteiger partial charge in [0.05, 0.1) is 7.11 Å². The van der Waals surface area contributed by atoms with Crippen LogP contribution in [0, 0.1) is 6.92 Å². The molecule has 0 heterocycles.